The summed E-state index contributed by atoms with van der Waals surface area (Å²) in [6, 6.07) is -0.289. The third-order valence-corrected chi connectivity index (χ3v) is 3.64. The van der Waals surface area contributed by atoms with E-state index in [0.717, 1.165) is 0 Å². The maximum atomic E-state index is 11.8. The van der Waals surface area contributed by atoms with Gasteiger partial charge in [-0.2, -0.15) is 0 Å². The minimum Gasteiger partial charge on any atom is -0.543 e. The van der Waals surface area contributed by atoms with Crippen molar-refractivity contribution in [1.82, 2.24) is 4.90 Å². The molecule has 0 saturated carbocycles. The number of amides is 1. The van der Waals surface area contributed by atoms with Crippen molar-refractivity contribution in [3.63, 3.8) is 0 Å². The van der Waals surface area contributed by atoms with Crippen LogP contribution in [0.2, 0.25) is 0 Å². The second kappa shape index (κ2) is 5.17. The number of carboxylic acid groups (broad SMARTS) is 1. The fourth-order valence-electron chi connectivity index (χ4n) is 2.86. The molecule has 0 aromatic carbocycles. The van der Waals surface area contributed by atoms with Crippen LogP contribution in [0.5, 0.6) is 0 Å². The topological polar surface area (TPSA) is 80.7 Å². The number of nitrogens with zero attached hydrogens (tertiary/aromatic N) is 1. The van der Waals surface area contributed by atoms with Gasteiger partial charge in [0.15, 0.2) is 0 Å². The maximum Gasteiger partial charge on any atom is 1.00 e. The first kappa shape index (κ1) is 15.4. The van der Waals surface area contributed by atoms with Gasteiger partial charge < -0.3 is 19.9 Å². The summed E-state index contributed by atoms with van der Waals surface area (Å²) in [6.45, 7) is 6.93. The first-order valence-electron chi connectivity index (χ1n) is 5.50. The molecule has 6 heteroatoms. The zero-order valence-corrected chi connectivity index (χ0v) is 12.7. The van der Waals surface area contributed by atoms with Gasteiger partial charge in [0.05, 0.1) is 29.7 Å². The van der Waals surface area contributed by atoms with E-state index < -0.39 is 18.0 Å². The van der Waals surface area contributed by atoms with E-state index in [0.29, 0.717) is 5.57 Å². The first-order chi connectivity index (χ1) is 7.91. The predicted molar refractivity (Wildman–Crippen MR) is 57.2 cm³/mol. The van der Waals surface area contributed by atoms with Gasteiger partial charge >= 0.3 is 29.6 Å². The molecule has 1 fully saturated rings. The molecule has 1 saturated heterocycles. The second-order valence-corrected chi connectivity index (χ2v) is 4.55. The van der Waals surface area contributed by atoms with Crippen LogP contribution in [0.4, 0.5) is 0 Å². The third kappa shape index (κ3) is 1.86. The van der Waals surface area contributed by atoms with Crippen molar-refractivity contribution in [3.05, 3.63) is 23.9 Å². The van der Waals surface area contributed by atoms with Crippen molar-refractivity contribution in [2.75, 3.05) is 0 Å². The molecule has 0 spiro atoms. The Labute approximate surface area is 127 Å². The van der Waals surface area contributed by atoms with E-state index in [1.54, 1.807) is 0 Å². The van der Waals surface area contributed by atoms with Crippen LogP contribution >= 0.6 is 0 Å². The number of hydrogen-bond donors (Lipinski definition) is 1. The van der Waals surface area contributed by atoms with Crippen molar-refractivity contribution in [2.24, 2.45) is 11.8 Å². The van der Waals surface area contributed by atoms with Crippen LogP contribution < -0.4 is 34.7 Å². The summed E-state index contributed by atoms with van der Waals surface area (Å²) in [6.07, 6.45) is 0.666. The Hall–Kier alpha value is -0.620. The van der Waals surface area contributed by atoms with Crippen LogP contribution in [0.3, 0.4) is 0 Å². The van der Waals surface area contributed by atoms with E-state index in [-0.39, 0.29) is 53.1 Å². The molecule has 0 bridgehead atoms. The van der Waals surface area contributed by atoms with E-state index in [1.165, 1.54) is 17.9 Å². The fourth-order valence-corrected chi connectivity index (χ4v) is 2.86. The Morgan fingerprint density at radius 1 is 1.61 bits per heavy atom. The Kier molecular flexibility index (Phi) is 4.43. The molecular formula is C12H14NNaO4. The molecule has 4 atom stereocenters. The van der Waals surface area contributed by atoms with Crippen LogP contribution in [0.1, 0.15) is 13.8 Å². The molecule has 0 aliphatic carbocycles. The molecule has 92 valence electrons. The van der Waals surface area contributed by atoms with Crippen LogP contribution in [-0.2, 0) is 9.59 Å². The van der Waals surface area contributed by atoms with E-state index >= 15 is 0 Å². The van der Waals surface area contributed by atoms with Gasteiger partial charge in [-0.3, -0.25) is 4.79 Å². The van der Waals surface area contributed by atoms with Crippen molar-refractivity contribution in [2.45, 2.75) is 26.0 Å². The van der Waals surface area contributed by atoms with Gasteiger partial charge in [-0.05, 0) is 12.5 Å². The largest absolute Gasteiger partial charge is 1.00 e. The number of aliphatic carboxylic acids is 1. The van der Waals surface area contributed by atoms with Gasteiger partial charge in [-0.15, -0.1) is 0 Å². The Morgan fingerprint density at radius 3 is 2.56 bits per heavy atom. The summed E-state index contributed by atoms with van der Waals surface area (Å²) in [4.78, 5) is 24.1. The quantitative estimate of drug-likeness (QED) is 0.414. The standard InChI is InChI=1S/C12H15NO4.Na/c1-4-7-5(2)9-8(6(3)14)11(15)13(9)10(7)12(16)17;/h4-6,8-9,14H,1H2,2-3H3,(H,16,17);/q;+1/p-1/t5-,6+,8+,9+;/m0./s1. The van der Waals surface area contributed by atoms with Gasteiger partial charge in [0.2, 0.25) is 5.91 Å². The number of rotatable bonds is 3. The van der Waals surface area contributed by atoms with Gasteiger partial charge in [-0.1, -0.05) is 19.6 Å². The summed E-state index contributed by atoms with van der Waals surface area (Å²) in [7, 11) is 0. The zero-order valence-electron chi connectivity index (χ0n) is 10.7. The predicted octanol–water partition coefficient (Wildman–Crippen LogP) is -3.96. The summed E-state index contributed by atoms with van der Waals surface area (Å²) in [5.41, 5.74) is 0.408. The number of allylic oxidation sites excluding steroid dienone is 1. The summed E-state index contributed by atoms with van der Waals surface area (Å²) >= 11 is 0. The smallest absolute Gasteiger partial charge is 0.543 e. The number of aliphatic hydroxyl groups excluding tert-OH is 1. The molecule has 1 N–H and O–H groups in total. The van der Waals surface area contributed by atoms with E-state index in [1.807, 2.05) is 6.92 Å². The number of fused-ring (bicyclic) bond motifs is 1. The Bertz CT molecular complexity index is 443. The van der Waals surface area contributed by atoms with Crippen molar-refractivity contribution in [3.8, 4) is 0 Å². The van der Waals surface area contributed by atoms with Crippen molar-refractivity contribution >= 4 is 11.9 Å². The van der Waals surface area contributed by atoms with E-state index in [4.69, 9.17) is 0 Å². The molecular weight excluding hydrogens is 245 g/mol. The molecule has 0 aromatic heterocycles. The van der Waals surface area contributed by atoms with Crippen molar-refractivity contribution < 1.29 is 49.4 Å². The van der Waals surface area contributed by atoms with E-state index in [2.05, 4.69) is 6.58 Å². The zero-order chi connectivity index (χ0) is 12.9. The minimum atomic E-state index is -1.37. The van der Waals surface area contributed by atoms with Gasteiger partial charge in [-0.25, -0.2) is 0 Å². The molecule has 2 aliphatic heterocycles. The summed E-state index contributed by atoms with van der Waals surface area (Å²) < 4.78 is 0. The third-order valence-electron chi connectivity index (χ3n) is 3.64. The number of hydrogen-bond acceptors (Lipinski definition) is 4. The normalized spacial score (nSPS) is 31.4. The number of carbonyl (C=O) groups is 2. The number of carbonyl (C=O) groups excluding carboxylic acids is 2. The molecule has 2 heterocycles. The van der Waals surface area contributed by atoms with Crippen molar-refractivity contribution in [1.29, 1.82) is 0 Å². The molecule has 18 heavy (non-hydrogen) atoms. The second-order valence-electron chi connectivity index (χ2n) is 4.55. The van der Waals surface area contributed by atoms with Gasteiger partial charge in [0.1, 0.15) is 0 Å². The Balaban J connectivity index is 0.00000162. The number of aliphatic hydroxyl groups is 1. The molecule has 2 rings (SSSR count). The maximum absolute atomic E-state index is 11.8. The van der Waals surface area contributed by atoms with Crippen LogP contribution in [0, 0.1) is 11.8 Å². The monoisotopic (exact) mass is 259 g/mol. The average molecular weight is 259 g/mol. The summed E-state index contributed by atoms with van der Waals surface area (Å²) in [5.74, 6) is -2.39. The van der Waals surface area contributed by atoms with Gasteiger partial charge in [0, 0.05) is 5.92 Å². The average Bonchev–Trinajstić information content (AvgIpc) is 2.47. The molecule has 0 radical (unpaired) electrons. The van der Waals surface area contributed by atoms with Crippen LogP contribution in [-0.4, -0.2) is 34.0 Å². The van der Waals surface area contributed by atoms with Gasteiger partial charge in [0.25, 0.3) is 0 Å². The SMILES string of the molecule is C=CC1=C(C(=O)[O-])N2C(=O)[C@H]([C@@H](C)O)[C@H]2[C@H]1C.[Na+]. The first-order valence-corrected chi connectivity index (χ1v) is 5.50. The molecule has 1 amide bonds. The van der Waals surface area contributed by atoms with E-state index in [9.17, 15) is 19.8 Å². The molecule has 0 unspecified atom stereocenters. The Morgan fingerprint density at radius 2 is 2.17 bits per heavy atom. The molecule has 5 nitrogen and oxygen atoms in total. The number of carboxylic acids is 1. The minimum absolute atomic E-state index is 0. The number of β-lactam (4-membered cyclic amide) rings is 1. The van der Waals surface area contributed by atoms with Crippen LogP contribution in [0.25, 0.3) is 0 Å². The fraction of sp³-hybridized carbons (Fsp3) is 0.500. The van der Waals surface area contributed by atoms with Crippen LogP contribution in [0.15, 0.2) is 23.9 Å². The molecule has 0 aromatic rings. The summed E-state index contributed by atoms with van der Waals surface area (Å²) in [5, 5.41) is 20.6. The molecule has 2 aliphatic rings.